The number of thiophene rings is 1. The first-order valence-electron chi connectivity index (χ1n) is 6.41. The van der Waals surface area contributed by atoms with Gasteiger partial charge in [-0.1, -0.05) is 6.92 Å². The van der Waals surface area contributed by atoms with E-state index in [0.29, 0.717) is 36.1 Å². The number of carbonyl (C=O) groups excluding carboxylic acids is 2. The van der Waals surface area contributed by atoms with Crippen LogP contribution in [0.3, 0.4) is 0 Å². The summed E-state index contributed by atoms with van der Waals surface area (Å²) in [5, 5.41) is 3.45. The van der Waals surface area contributed by atoms with Gasteiger partial charge < -0.3 is 15.8 Å². The molecule has 1 fully saturated rings. The van der Waals surface area contributed by atoms with E-state index >= 15 is 0 Å². The molecule has 0 bridgehead atoms. The zero-order valence-corrected chi connectivity index (χ0v) is 11.5. The molecule has 3 N–H and O–H groups in total. The molecule has 0 radical (unpaired) electrons. The number of ether oxygens (including phenoxy) is 1. The highest BCUT2D eigenvalue weighted by Gasteiger charge is 2.40. The molecule has 6 heteroatoms. The second kappa shape index (κ2) is 4.61. The van der Waals surface area contributed by atoms with Crippen LogP contribution in [0, 0.1) is 11.8 Å². The second-order valence-electron chi connectivity index (χ2n) is 5.18. The maximum absolute atomic E-state index is 12.0. The molecule has 1 aromatic heterocycles. The third-order valence-corrected chi connectivity index (χ3v) is 4.87. The van der Waals surface area contributed by atoms with Crippen molar-refractivity contribution in [3.63, 3.8) is 0 Å². The zero-order valence-electron chi connectivity index (χ0n) is 10.7. The van der Waals surface area contributed by atoms with Gasteiger partial charge in [-0.05, 0) is 24.3 Å². The van der Waals surface area contributed by atoms with Crippen molar-refractivity contribution in [3.05, 3.63) is 16.0 Å². The van der Waals surface area contributed by atoms with Crippen molar-refractivity contribution in [2.45, 2.75) is 26.4 Å². The summed E-state index contributed by atoms with van der Waals surface area (Å²) in [7, 11) is 0. The lowest BCUT2D eigenvalue weighted by Crippen LogP contribution is -2.20. The van der Waals surface area contributed by atoms with Crippen LogP contribution in [0.15, 0.2) is 0 Å². The molecule has 1 aliphatic heterocycles. The molecular weight excluding hydrogens is 264 g/mol. The van der Waals surface area contributed by atoms with E-state index in [9.17, 15) is 9.59 Å². The van der Waals surface area contributed by atoms with Crippen molar-refractivity contribution in [2.75, 3.05) is 11.9 Å². The van der Waals surface area contributed by atoms with Crippen molar-refractivity contribution in [2.24, 2.45) is 17.6 Å². The Hall–Kier alpha value is -1.40. The molecule has 19 heavy (non-hydrogen) atoms. The van der Waals surface area contributed by atoms with E-state index in [1.54, 1.807) is 0 Å². The van der Waals surface area contributed by atoms with Gasteiger partial charge in [0.05, 0.1) is 18.8 Å². The largest absolute Gasteiger partial charge is 0.376 e. The van der Waals surface area contributed by atoms with Crippen LogP contribution in [0.1, 0.15) is 34.1 Å². The van der Waals surface area contributed by atoms with Gasteiger partial charge in [0.25, 0.3) is 5.91 Å². The average molecular weight is 280 g/mol. The SMILES string of the molecule is CC1CC1C(=O)Nc1sc2c(c1C(N)=O)CCOC2. The number of carbonyl (C=O) groups is 2. The maximum Gasteiger partial charge on any atom is 0.251 e. The normalized spacial score (nSPS) is 24.7. The van der Waals surface area contributed by atoms with E-state index in [-0.39, 0.29) is 11.8 Å². The van der Waals surface area contributed by atoms with E-state index in [0.717, 1.165) is 16.9 Å². The van der Waals surface area contributed by atoms with Crippen LogP contribution in [0.2, 0.25) is 0 Å². The van der Waals surface area contributed by atoms with Crippen molar-refractivity contribution < 1.29 is 14.3 Å². The molecule has 2 heterocycles. The predicted octanol–water partition coefficient (Wildman–Crippen LogP) is 1.51. The van der Waals surface area contributed by atoms with Crippen molar-refractivity contribution in [3.8, 4) is 0 Å². The molecule has 2 amide bonds. The smallest absolute Gasteiger partial charge is 0.251 e. The van der Waals surface area contributed by atoms with Gasteiger partial charge in [-0.2, -0.15) is 0 Å². The van der Waals surface area contributed by atoms with Crippen LogP contribution in [0.4, 0.5) is 5.00 Å². The third kappa shape index (κ3) is 2.26. The molecule has 0 spiro atoms. The fraction of sp³-hybridized carbons (Fsp3) is 0.538. The quantitative estimate of drug-likeness (QED) is 0.880. The van der Waals surface area contributed by atoms with Gasteiger partial charge in [0.1, 0.15) is 5.00 Å². The van der Waals surface area contributed by atoms with E-state index in [1.807, 2.05) is 6.92 Å². The van der Waals surface area contributed by atoms with Crippen LogP contribution in [-0.2, 0) is 22.6 Å². The van der Waals surface area contributed by atoms with Gasteiger partial charge >= 0.3 is 0 Å². The summed E-state index contributed by atoms with van der Waals surface area (Å²) in [4.78, 5) is 24.6. The van der Waals surface area contributed by atoms with E-state index in [1.165, 1.54) is 11.3 Å². The Balaban J connectivity index is 1.89. The summed E-state index contributed by atoms with van der Waals surface area (Å²) in [5.41, 5.74) is 6.88. The number of hydrogen-bond acceptors (Lipinski definition) is 4. The molecule has 2 atom stereocenters. The molecule has 2 aliphatic rings. The minimum atomic E-state index is -0.474. The lowest BCUT2D eigenvalue weighted by molar-refractivity contribution is -0.117. The number of anilines is 1. The van der Waals surface area contributed by atoms with Gasteiger partial charge in [-0.3, -0.25) is 9.59 Å². The van der Waals surface area contributed by atoms with E-state index in [4.69, 9.17) is 10.5 Å². The van der Waals surface area contributed by atoms with Gasteiger partial charge in [0.2, 0.25) is 5.91 Å². The standard InChI is InChI=1S/C13H16N2O3S/c1-6-4-8(6)12(17)15-13-10(11(14)16)7-2-3-18-5-9(7)19-13/h6,8H,2-5H2,1H3,(H2,14,16)(H,15,17). The highest BCUT2D eigenvalue weighted by molar-refractivity contribution is 7.17. The molecule has 1 aromatic rings. The molecule has 3 rings (SSSR count). The van der Waals surface area contributed by atoms with Gasteiger partial charge in [0.15, 0.2) is 0 Å². The lowest BCUT2D eigenvalue weighted by Gasteiger charge is -2.12. The first-order chi connectivity index (χ1) is 9.08. The predicted molar refractivity (Wildman–Crippen MR) is 72.1 cm³/mol. The molecule has 2 unspecified atom stereocenters. The van der Waals surface area contributed by atoms with Crippen LogP contribution in [0.25, 0.3) is 0 Å². The summed E-state index contributed by atoms with van der Waals surface area (Å²) in [6, 6.07) is 0. The van der Waals surface area contributed by atoms with Crippen molar-refractivity contribution in [1.29, 1.82) is 0 Å². The molecule has 102 valence electrons. The Morgan fingerprint density at radius 3 is 2.84 bits per heavy atom. The molecule has 0 aromatic carbocycles. The number of nitrogens with one attached hydrogen (secondary N) is 1. The highest BCUT2D eigenvalue weighted by Crippen LogP contribution is 2.41. The van der Waals surface area contributed by atoms with Gasteiger partial charge in [0, 0.05) is 10.8 Å². The molecular formula is C13H16N2O3S. The first kappa shape index (κ1) is 12.6. The fourth-order valence-corrected chi connectivity index (χ4v) is 3.67. The Kier molecular flexibility index (Phi) is 3.06. The summed E-state index contributed by atoms with van der Waals surface area (Å²) >= 11 is 1.41. The molecule has 1 saturated carbocycles. The number of rotatable bonds is 3. The number of hydrogen-bond donors (Lipinski definition) is 2. The van der Waals surface area contributed by atoms with E-state index < -0.39 is 5.91 Å². The zero-order chi connectivity index (χ0) is 13.6. The maximum atomic E-state index is 12.0. The summed E-state index contributed by atoms with van der Waals surface area (Å²) in [5.74, 6) is 0.0408. The molecule has 0 saturated heterocycles. The van der Waals surface area contributed by atoms with Crippen LogP contribution in [0.5, 0.6) is 0 Å². The monoisotopic (exact) mass is 280 g/mol. The van der Waals surface area contributed by atoms with Crippen molar-refractivity contribution >= 4 is 28.2 Å². The number of amides is 2. The Morgan fingerprint density at radius 2 is 2.21 bits per heavy atom. The van der Waals surface area contributed by atoms with Crippen LogP contribution >= 0.6 is 11.3 Å². The van der Waals surface area contributed by atoms with Gasteiger partial charge in [-0.15, -0.1) is 11.3 Å². The Labute approximate surface area is 115 Å². The number of nitrogens with two attached hydrogens (primary N) is 1. The highest BCUT2D eigenvalue weighted by atomic mass is 32.1. The Morgan fingerprint density at radius 1 is 1.47 bits per heavy atom. The second-order valence-corrected chi connectivity index (χ2v) is 6.29. The Bertz CT molecular complexity index is 552. The van der Waals surface area contributed by atoms with Crippen molar-refractivity contribution in [1.82, 2.24) is 0 Å². The molecule has 5 nitrogen and oxygen atoms in total. The summed E-state index contributed by atoms with van der Waals surface area (Å²) < 4.78 is 5.37. The van der Waals surface area contributed by atoms with Crippen LogP contribution in [-0.4, -0.2) is 18.4 Å². The van der Waals surface area contributed by atoms with Crippen LogP contribution < -0.4 is 11.1 Å². The third-order valence-electron chi connectivity index (χ3n) is 3.75. The fourth-order valence-electron chi connectivity index (χ4n) is 2.47. The van der Waals surface area contributed by atoms with E-state index in [2.05, 4.69) is 5.32 Å². The average Bonchev–Trinajstić information content (AvgIpc) is 2.98. The number of fused-ring (bicyclic) bond motifs is 1. The van der Waals surface area contributed by atoms with Gasteiger partial charge in [-0.25, -0.2) is 0 Å². The number of primary amides is 1. The topological polar surface area (TPSA) is 81.4 Å². The molecule has 1 aliphatic carbocycles. The lowest BCUT2D eigenvalue weighted by atomic mass is 10.1. The summed E-state index contributed by atoms with van der Waals surface area (Å²) in [6.07, 6.45) is 1.60. The summed E-state index contributed by atoms with van der Waals surface area (Å²) in [6.45, 7) is 3.14. The minimum absolute atomic E-state index is 0.00508. The minimum Gasteiger partial charge on any atom is -0.376 e. The first-order valence-corrected chi connectivity index (χ1v) is 7.22.